The lowest BCUT2D eigenvalue weighted by Crippen LogP contribution is -2.17. The number of allylic oxidation sites excluding steroid dienone is 2. The highest BCUT2D eigenvalue weighted by Gasteiger charge is 2.28. The van der Waals surface area contributed by atoms with E-state index in [2.05, 4.69) is 174 Å². The van der Waals surface area contributed by atoms with Crippen molar-refractivity contribution in [1.29, 1.82) is 0 Å². The first-order chi connectivity index (χ1) is 27.3. The van der Waals surface area contributed by atoms with E-state index < -0.39 is 0 Å². The average molecular weight is 704 g/mol. The maximum atomic E-state index is 5.24. The maximum Gasteiger partial charge on any atom is 0.164 e. The van der Waals surface area contributed by atoms with Crippen LogP contribution in [0.25, 0.3) is 89.6 Å². The maximum absolute atomic E-state index is 5.24. The van der Waals surface area contributed by atoms with Crippen LogP contribution in [-0.4, -0.2) is 25.7 Å². The van der Waals surface area contributed by atoms with Crippen LogP contribution in [0.3, 0.4) is 0 Å². The molecule has 0 saturated carbocycles. The van der Waals surface area contributed by atoms with Gasteiger partial charge >= 0.3 is 0 Å². The van der Waals surface area contributed by atoms with E-state index in [0.29, 0.717) is 17.5 Å². The topological polar surface area (TPSA) is 56.0 Å². The van der Waals surface area contributed by atoms with Crippen LogP contribution in [0.5, 0.6) is 0 Å². The van der Waals surface area contributed by atoms with Crippen molar-refractivity contribution in [3.8, 4) is 51.0 Å². The molecule has 0 amide bonds. The van der Waals surface area contributed by atoms with E-state index in [1.165, 1.54) is 43.7 Å². The largest absolute Gasteiger partial charge is 0.309 e. The molecular weight excluding hydrogens is 671 g/mol. The summed E-state index contributed by atoms with van der Waals surface area (Å²) >= 11 is 0. The van der Waals surface area contributed by atoms with Gasteiger partial charge in [0.05, 0.1) is 11.0 Å². The Morgan fingerprint density at radius 2 is 1.11 bits per heavy atom. The summed E-state index contributed by atoms with van der Waals surface area (Å²) in [6.07, 6.45) is 10.8. The fourth-order valence-electron chi connectivity index (χ4n) is 8.54. The number of aliphatic imine (C=N–C) groups is 1. The molecule has 0 saturated heterocycles. The molecular formula is C50H33N5. The van der Waals surface area contributed by atoms with Crippen LogP contribution in [0, 0.1) is 5.92 Å². The van der Waals surface area contributed by atoms with Crippen LogP contribution in [0.15, 0.2) is 181 Å². The Bertz CT molecular complexity index is 2990. The Balaban J connectivity index is 1.08. The summed E-state index contributed by atoms with van der Waals surface area (Å²) < 4.78 is 2.33. The Labute approximate surface area is 318 Å². The van der Waals surface area contributed by atoms with Gasteiger partial charge in [-0.25, -0.2) is 15.0 Å². The molecule has 7 aromatic carbocycles. The summed E-state index contributed by atoms with van der Waals surface area (Å²) in [6.45, 7) is 0. The zero-order chi connectivity index (χ0) is 36.3. The number of aromatic nitrogens is 4. The molecule has 11 rings (SSSR count). The number of nitrogens with zero attached hydrogens (tertiary/aromatic N) is 5. The number of rotatable bonds is 5. The molecule has 3 heterocycles. The molecule has 2 aliphatic rings. The van der Waals surface area contributed by atoms with Crippen molar-refractivity contribution in [2.75, 3.05) is 0 Å². The second-order valence-electron chi connectivity index (χ2n) is 14.2. The van der Waals surface area contributed by atoms with Crippen molar-refractivity contribution in [1.82, 2.24) is 19.5 Å². The molecule has 2 unspecified atom stereocenters. The SMILES string of the molecule is C1=CC2C=Cc3ccc4cccc(-c5ccccc5-c5nc(-c6ccccc6)nc(-c6ccc(-n7c8ccccc8c8ccccc87)cc6)n5)c4c3C2C=N1. The molecule has 0 N–H and O–H groups in total. The fourth-order valence-corrected chi connectivity index (χ4v) is 8.54. The average Bonchev–Trinajstić information content (AvgIpc) is 3.60. The second-order valence-corrected chi connectivity index (χ2v) is 14.2. The van der Waals surface area contributed by atoms with Crippen LogP contribution >= 0.6 is 0 Å². The zero-order valence-electron chi connectivity index (χ0n) is 29.8. The first-order valence-corrected chi connectivity index (χ1v) is 18.7. The van der Waals surface area contributed by atoms with E-state index >= 15 is 0 Å². The van der Waals surface area contributed by atoms with E-state index in [1.54, 1.807) is 0 Å². The smallest absolute Gasteiger partial charge is 0.164 e. The molecule has 0 fully saturated rings. The number of para-hydroxylation sites is 2. The van der Waals surface area contributed by atoms with Gasteiger partial charge in [-0.15, -0.1) is 0 Å². The van der Waals surface area contributed by atoms with Crippen molar-refractivity contribution >= 4 is 44.9 Å². The summed E-state index contributed by atoms with van der Waals surface area (Å²) in [7, 11) is 0. The molecule has 258 valence electrons. The second kappa shape index (κ2) is 12.7. The molecule has 9 aromatic rings. The third-order valence-electron chi connectivity index (χ3n) is 11.1. The van der Waals surface area contributed by atoms with Gasteiger partial charge in [-0.2, -0.15) is 0 Å². The van der Waals surface area contributed by atoms with Crippen molar-refractivity contribution in [3.05, 3.63) is 187 Å². The van der Waals surface area contributed by atoms with Crippen LogP contribution in [0.2, 0.25) is 0 Å². The zero-order valence-corrected chi connectivity index (χ0v) is 29.8. The molecule has 5 nitrogen and oxygen atoms in total. The van der Waals surface area contributed by atoms with Crippen LogP contribution < -0.4 is 0 Å². The van der Waals surface area contributed by atoms with Crippen LogP contribution in [0.4, 0.5) is 0 Å². The van der Waals surface area contributed by atoms with Crippen molar-refractivity contribution in [2.24, 2.45) is 10.9 Å². The van der Waals surface area contributed by atoms with Crippen LogP contribution in [-0.2, 0) is 0 Å². The lowest BCUT2D eigenvalue weighted by Gasteiger charge is -2.29. The third kappa shape index (κ3) is 5.16. The molecule has 0 bridgehead atoms. The Hall–Kier alpha value is -7.24. The molecule has 1 aliphatic carbocycles. The quantitative estimate of drug-likeness (QED) is 0.179. The number of hydrogen-bond donors (Lipinski definition) is 0. The summed E-state index contributed by atoms with van der Waals surface area (Å²) in [4.78, 5) is 20.1. The monoisotopic (exact) mass is 703 g/mol. The van der Waals surface area contributed by atoms with Crippen LogP contribution in [0.1, 0.15) is 17.0 Å². The third-order valence-corrected chi connectivity index (χ3v) is 11.1. The first kappa shape index (κ1) is 31.3. The minimum atomic E-state index is 0.168. The Morgan fingerprint density at radius 3 is 1.87 bits per heavy atom. The molecule has 1 aliphatic heterocycles. The highest BCUT2D eigenvalue weighted by Crippen LogP contribution is 2.45. The minimum absolute atomic E-state index is 0.168. The van der Waals surface area contributed by atoms with E-state index in [1.807, 2.05) is 24.4 Å². The predicted molar refractivity (Wildman–Crippen MR) is 226 cm³/mol. The molecule has 0 spiro atoms. The van der Waals surface area contributed by atoms with Crippen molar-refractivity contribution < 1.29 is 0 Å². The number of hydrogen-bond acceptors (Lipinski definition) is 4. The van der Waals surface area contributed by atoms with E-state index in [9.17, 15) is 0 Å². The summed E-state index contributed by atoms with van der Waals surface area (Å²) in [5.74, 6) is 2.34. The Kier molecular flexibility index (Phi) is 7.24. The van der Waals surface area contributed by atoms with Gasteiger partial charge in [-0.1, -0.05) is 140 Å². The van der Waals surface area contributed by atoms with Gasteiger partial charge in [0, 0.05) is 57.4 Å². The van der Waals surface area contributed by atoms with E-state index in [0.717, 1.165) is 33.5 Å². The van der Waals surface area contributed by atoms with Crippen molar-refractivity contribution in [2.45, 2.75) is 5.92 Å². The summed E-state index contributed by atoms with van der Waals surface area (Å²) in [6, 6.07) is 55.5. The summed E-state index contributed by atoms with van der Waals surface area (Å²) in [5.41, 5.74) is 11.0. The molecule has 2 aromatic heterocycles. The van der Waals surface area contributed by atoms with Gasteiger partial charge < -0.3 is 4.57 Å². The minimum Gasteiger partial charge on any atom is -0.309 e. The highest BCUT2D eigenvalue weighted by atomic mass is 15.0. The summed E-state index contributed by atoms with van der Waals surface area (Å²) in [5, 5.41) is 4.92. The standard InChI is InChI=1S/C50H33N5/c1-2-11-35(12-3-1)48-52-49(36-25-27-37(28-26-36)55-44-19-8-6-15-39(44)40-16-7-9-20-45(40)55)54-50(53-48)42-17-5-4-14-38(42)41-18-10-13-33-23-24-34-22-21-32-29-30-51-31-43(32)47(34)46(33)41/h1-32,43H. The van der Waals surface area contributed by atoms with E-state index in [4.69, 9.17) is 15.0 Å². The van der Waals surface area contributed by atoms with E-state index in [-0.39, 0.29) is 11.8 Å². The molecule has 5 heteroatoms. The first-order valence-electron chi connectivity index (χ1n) is 18.7. The number of fused-ring (bicyclic) bond motifs is 8. The Morgan fingerprint density at radius 1 is 0.473 bits per heavy atom. The van der Waals surface area contributed by atoms with Gasteiger partial charge in [0.15, 0.2) is 17.5 Å². The normalized spacial score (nSPS) is 15.8. The predicted octanol–water partition coefficient (Wildman–Crippen LogP) is 12.1. The van der Waals surface area contributed by atoms with Gasteiger partial charge in [-0.05, 0) is 69.4 Å². The van der Waals surface area contributed by atoms with Crippen molar-refractivity contribution in [3.63, 3.8) is 0 Å². The molecule has 0 radical (unpaired) electrons. The van der Waals surface area contributed by atoms with Gasteiger partial charge in [0.25, 0.3) is 0 Å². The highest BCUT2D eigenvalue weighted by molar-refractivity contribution is 6.09. The number of benzene rings is 7. The van der Waals surface area contributed by atoms with Gasteiger partial charge in [0.1, 0.15) is 0 Å². The molecule has 55 heavy (non-hydrogen) atoms. The van der Waals surface area contributed by atoms with Gasteiger partial charge in [0.2, 0.25) is 0 Å². The van der Waals surface area contributed by atoms with Gasteiger partial charge in [-0.3, -0.25) is 4.99 Å². The fraction of sp³-hybridized carbons (Fsp3) is 0.0400. The lowest BCUT2D eigenvalue weighted by molar-refractivity contribution is 0.738. The lowest BCUT2D eigenvalue weighted by atomic mass is 9.75. The molecule has 2 atom stereocenters.